The molecule has 0 aliphatic heterocycles. The number of carbonyl (C=O) groups is 2. The molecule has 0 saturated heterocycles. The van der Waals surface area contributed by atoms with Gasteiger partial charge in [-0.2, -0.15) is 0 Å². The summed E-state index contributed by atoms with van der Waals surface area (Å²) >= 11 is 0. The third-order valence-electron chi connectivity index (χ3n) is 1.60. The van der Waals surface area contributed by atoms with Crippen molar-refractivity contribution >= 4 is 11.8 Å². The van der Waals surface area contributed by atoms with Gasteiger partial charge < -0.3 is 11.1 Å². The maximum Gasteiger partial charge on any atom is 0.253 e. The Morgan fingerprint density at radius 3 is 2.71 bits per heavy atom. The molecule has 14 heavy (non-hydrogen) atoms. The maximum absolute atomic E-state index is 11.3. The molecule has 0 fully saturated rings. The lowest BCUT2D eigenvalue weighted by molar-refractivity contribution is -0.117. The quantitative estimate of drug-likeness (QED) is 0.685. The molecule has 0 aromatic carbocycles. The average molecular weight is 193 g/mol. The number of nitrogens with two attached hydrogens (primary N) is 1. The van der Waals surface area contributed by atoms with E-state index in [4.69, 9.17) is 5.73 Å². The summed E-state index contributed by atoms with van der Waals surface area (Å²) in [6.07, 6.45) is 1.45. The Balaban J connectivity index is 2.61. The summed E-state index contributed by atoms with van der Waals surface area (Å²) in [6, 6.07) is 3.36. The average Bonchev–Trinajstić information content (AvgIpc) is 2.15. The van der Waals surface area contributed by atoms with E-state index in [1.807, 2.05) is 6.92 Å². The van der Waals surface area contributed by atoms with E-state index in [1.165, 1.54) is 6.20 Å². The number of carbonyl (C=O) groups excluding carboxylic acids is 2. The van der Waals surface area contributed by atoms with Crippen LogP contribution in [0.15, 0.2) is 18.3 Å². The Labute approximate surface area is 81.3 Å². The predicted octanol–water partition coefficient (Wildman–Crippen LogP) is -0.395. The van der Waals surface area contributed by atoms with Gasteiger partial charge >= 0.3 is 0 Å². The maximum atomic E-state index is 11.3. The second-order valence-corrected chi connectivity index (χ2v) is 2.84. The van der Waals surface area contributed by atoms with Gasteiger partial charge in [0.1, 0.15) is 0 Å². The lowest BCUT2D eigenvalue weighted by Crippen LogP contribution is -2.33. The van der Waals surface area contributed by atoms with Crippen LogP contribution in [0.3, 0.4) is 0 Å². The topological polar surface area (TPSA) is 85.1 Å². The van der Waals surface area contributed by atoms with Gasteiger partial charge in [0.25, 0.3) is 5.91 Å². The van der Waals surface area contributed by atoms with Gasteiger partial charge in [0.05, 0.1) is 12.1 Å². The molecule has 0 bridgehead atoms. The van der Waals surface area contributed by atoms with Crippen molar-refractivity contribution in [3.05, 3.63) is 29.6 Å². The van der Waals surface area contributed by atoms with Gasteiger partial charge in [0.2, 0.25) is 5.91 Å². The van der Waals surface area contributed by atoms with Gasteiger partial charge in [-0.1, -0.05) is 0 Å². The van der Waals surface area contributed by atoms with Crippen LogP contribution in [-0.4, -0.2) is 23.3 Å². The zero-order valence-corrected chi connectivity index (χ0v) is 7.78. The molecule has 1 aromatic rings. The van der Waals surface area contributed by atoms with Crippen LogP contribution in [0.2, 0.25) is 0 Å². The standard InChI is InChI=1S/C9H11N3O2/c1-6-2-3-7(4-11-6)9(14)12-5-8(10)13/h2-4H,5H2,1H3,(H2,10,13)(H,12,14). The zero-order valence-electron chi connectivity index (χ0n) is 7.78. The first-order chi connectivity index (χ1) is 6.59. The van der Waals surface area contributed by atoms with Crippen molar-refractivity contribution in [2.75, 3.05) is 6.54 Å². The van der Waals surface area contributed by atoms with Crippen LogP contribution >= 0.6 is 0 Å². The number of amides is 2. The van der Waals surface area contributed by atoms with Gasteiger partial charge in [-0.3, -0.25) is 14.6 Å². The van der Waals surface area contributed by atoms with E-state index in [2.05, 4.69) is 10.3 Å². The minimum absolute atomic E-state index is 0.160. The third-order valence-corrected chi connectivity index (χ3v) is 1.60. The zero-order chi connectivity index (χ0) is 10.6. The molecule has 0 atom stereocenters. The van der Waals surface area contributed by atoms with E-state index in [9.17, 15) is 9.59 Å². The van der Waals surface area contributed by atoms with Crippen LogP contribution in [0, 0.1) is 6.92 Å². The van der Waals surface area contributed by atoms with Crippen molar-refractivity contribution in [3.8, 4) is 0 Å². The Bertz CT molecular complexity index is 346. The van der Waals surface area contributed by atoms with Crippen LogP contribution in [0.5, 0.6) is 0 Å². The molecule has 0 unspecified atom stereocenters. The summed E-state index contributed by atoms with van der Waals surface area (Å²) in [5.41, 5.74) is 6.12. The van der Waals surface area contributed by atoms with Crippen LogP contribution in [0.25, 0.3) is 0 Å². The monoisotopic (exact) mass is 193 g/mol. The second kappa shape index (κ2) is 4.36. The van der Waals surface area contributed by atoms with Crippen LogP contribution < -0.4 is 11.1 Å². The van der Waals surface area contributed by atoms with E-state index < -0.39 is 5.91 Å². The molecule has 0 aliphatic rings. The van der Waals surface area contributed by atoms with Crippen molar-refractivity contribution in [1.82, 2.24) is 10.3 Å². The summed E-state index contributed by atoms with van der Waals surface area (Å²) in [5, 5.41) is 2.36. The van der Waals surface area contributed by atoms with E-state index in [0.717, 1.165) is 5.69 Å². The van der Waals surface area contributed by atoms with Crippen molar-refractivity contribution in [1.29, 1.82) is 0 Å². The Hall–Kier alpha value is -1.91. The number of rotatable bonds is 3. The molecule has 74 valence electrons. The number of primary amides is 1. The molecule has 0 spiro atoms. The summed E-state index contributed by atoms with van der Waals surface area (Å²) < 4.78 is 0. The lowest BCUT2D eigenvalue weighted by atomic mass is 10.2. The summed E-state index contributed by atoms with van der Waals surface area (Å²) in [4.78, 5) is 25.6. The normalized spacial score (nSPS) is 9.50. The highest BCUT2D eigenvalue weighted by Crippen LogP contribution is 1.98. The Kier molecular flexibility index (Phi) is 3.17. The van der Waals surface area contributed by atoms with Crippen molar-refractivity contribution in [2.45, 2.75) is 6.92 Å². The number of pyridine rings is 1. The first-order valence-corrected chi connectivity index (χ1v) is 4.09. The minimum Gasteiger partial charge on any atom is -0.368 e. The van der Waals surface area contributed by atoms with Gasteiger partial charge in [0, 0.05) is 11.9 Å². The van der Waals surface area contributed by atoms with Gasteiger partial charge in [-0.15, -0.1) is 0 Å². The summed E-state index contributed by atoms with van der Waals surface area (Å²) in [6.45, 7) is 1.66. The molecule has 2 amide bonds. The molecule has 3 N–H and O–H groups in total. The van der Waals surface area contributed by atoms with Crippen LogP contribution in [-0.2, 0) is 4.79 Å². The Morgan fingerprint density at radius 2 is 2.21 bits per heavy atom. The fourth-order valence-corrected chi connectivity index (χ4v) is 0.872. The second-order valence-electron chi connectivity index (χ2n) is 2.84. The molecule has 0 aliphatic carbocycles. The number of hydrogen-bond acceptors (Lipinski definition) is 3. The number of aromatic nitrogens is 1. The van der Waals surface area contributed by atoms with E-state index in [-0.39, 0.29) is 12.5 Å². The fourth-order valence-electron chi connectivity index (χ4n) is 0.872. The molecule has 1 heterocycles. The molecular weight excluding hydrogens is 182 g/mol. The number of nitrogens with zero attached hydrogens (tertiary/aromatic N) is 1. The molecule has 5 heteroatoms. The third kappa shape index (κ3) is 2.85. The summed E-state index contributed by atoms with van der Waals surface area (Å²) in [5.74, 6) is -0.922. The smallest absolute Gasteiger partial charge is 0.253 e. The Morgan fingerprint density at radius 1 is 1.50 bits per heavy atom. The molecule has 5 nitrogen and oxygen atoms in total. The fraction of sp³-hybridized carbons (Fsp3) is 0.222. The highest BCUT2D eigenvalue weighted by Gasteiger charge is 2.05. The van der Waals surface area contributed by atoms with E-state index in [0.29, 0.717) is 5.56 Å². The first-order valence-electron chi connectivity index (χ1n) is 4.09. The van der Waals surface area contributed by atoms with Crippen LogP contribution in [0.1, 0.15) is 16.1 Å². The molecule has 0 saturated carbocycles. The number of nitrogens with one attached hydrogen (secondary N) is 1. The lowest BCUT2D eigenvalue weighted by Gasteiger charge is -2.01. The van der Waals surface area contributed by atoms with E-state index >= 15 is 0 Å². The minimum atomic E-state index is -0.571. The summed E-state index contributed by atoms with van der Waals surface area (Å²) in [7, 11) is 0. The van der Waals surface area contributed by atoms with Gasteiger partial charge in [0.15, 0.2) is 0 Å². The molecular formula is C9H11N3O2. The highest BCUT2D eigenvalue weighted by atomic mass is 16.2. The predicted molar refractivity (Wildman–Crippen MR) is 50.5 cm³/mol. The van der Waals surface area contributed by atoms with Crippen molar-refractivity contribution < 1.29 is 9.59 Å². The molecule has 0 radical (unpaired) electrons. The first kappa shape index (κ1) is 10.2. The SMILES string of the molecule is Cc1ccc(C(=O)NCC(N)=O)cn1. The molecule has 1 aromatic heterocycles. The van der Waals surface area contributed by atoms with Gasteiger partial charge in [-0.25, -0.2) is 0 Å². The van der Waals surface area contributed by atoms with Gasteiger partial charge in [-0.05, 0) is 19.1 Å². The van der Waals surface area contributed by atoms with Crippen molar-refractivity contribution in [3.63, 3.8) is 0 Å². The number of aryl methyl sites for hydroxylation is 1. The highest BCUT2D eigenvalue weighted by molar-refractivity contribution is 5.95. The van der Waals surface area contributed by atoms with Crippen LogP contribution in [0.4, 0.5) is 0 Å². The largest absolute Gasteiger partial charge is 0.368 e. The number of hydrogen-bond donors (Lipinski definition) is 2. The molecule has 1 rings (SSSR count). The van der Waals surface area contributed by atoms with Crippen molar-refractivity contribution in [2.24, 2.45) is 5.73 Å². The van der Waals surface area contributed by atoms with E-state index in [1.54, 1.807) is 12.1 Å².